The number of amides is 1. The first-order chi connectivity index (χ1) is 11.6. The summed E-state index contributed by atoms with van der Waals surface area (Å²) in [7, 11) is 0. The van der Waals surface area contributed by atoms with Gasteiger partial charge in [-0.1, -0.05) is 41.6 Å². The number of phenolic OH excluding ortho intramolecular Hbond substituents is 1. The van der Waals surface area contributed by atoms with E-state index in [0.717, 1.165) is 16.7 Å². The van der Waals surface area contributed by atoms with Crippen molar-refractivity contribution in [1.82, 2.24) is 15.5 Å². The Hall–Kier alpha value is -3.15. The maximum absolute atomic E-state index is 12.2. The van der Waals surface area contributed by atoms with E-state index in [4.69, 9.17) is 4.52 Å². The summed E-state index contributed by atoms with van der Waals surface area (Å²) < 4.78 is 4.72. The molecule has 0 fully saturated rings. The van der Waals surface area contributed by atoms with Crippen molar-refractivity contribution in [2.24, 2.45) is 0 Å². The van der Waals surface area contributed by atoms with Gasteiger partial charge in [0.15, 0.2) is 0 Å². The highest BCUT2D eigenvalue weighted by Crippen LogP contribution is 2.19. The molecule has 1 aromatic heterocycles. The molecule has 3 aromatic rings. The summed E-state index contributed by atoms with van der Waals surface area (Å²) in [6, 6.07) is 14.3. The van der Waals surface area contributed by atoms with E-state index in [1.807, 2.05) is 31.2 Å². The molecule has 6 nitrogen and oxygen atoms in total. The number of phenols is 1. The van der Waals surface area contributed by atoms with E-state index in [2.05, 4.69) is 15.5 Å². The minimum Gasteiger partial charge on any atom is -0.508 e. The zero-order chi connectivity index (χ0) is 16.9. The number of carbonyl (C=O) groups excluding carboxylic acids is 1. The molecular weight excluding hydrogens is 306 g/mol. The Balaban J connectivity index is 1.58. The highest BCUT2D eigenvalue weighted by molar-refractivity contribution is 5.83. The molecular formula is C18H17N3O3. The van der Waals surface area contributed by atoms with Gasteiger partial charge in [0.25, 0.3) is 0 Å². The fourth-order valence-corrected chi connectivity index (χ4v) is 2.33. The molecule has 2 aromatic carbocycles. The third kappa shape index (κ3) is 3.60. The van der Waals surface area contributed by atoms with Gasteiger partial charge in [0, 0.05) is 12.1 Å². The van der Waals surface area contributed by atoms with Crippen LogP contribution >= 0.6 is 0 Å². The van der Waals surface area contributed by atoms with E-state index in [1.54, 1.807) is 24.3 Å². The Morgan fingerprint density at radius 3 is 2.50 bits per heavy atom. The molecule has 3 rings (SSSR count). The van der Waals surface area contributed by atoms with Crippen LogP contribution in [0.3, 0.4) is 0 Å². The van der Waals surface area contributed by atoms with Crippen LogP contribution in [0, 0.1) is 0 Å². The summed E-state index contributed by atoms with van der Waals surface area (Å²) in [5.41, 5.74) is 2.70. The van der Waals surface area contributed by atoms with Crippen LogP contribution in [-0.2, 0) is 11.3 Å². The molecule has 0 aliphatic rings. The minimum atomic E-state index is -0.288. The lowest BCUT2D eigenvalue weighted by atomic mass is 10.00. The van der Waals surface area contributed by atoms with E-state index < -0.39 is 0 Å². The first-order valence-corrected chi connectivity index (χ1v) is 7.56. The van der Waals surface area contributed by atoms with E-state index in [1.165, 1.54) is 6.39 Å². The van der Waals surface area contributed by atoms with Gasteiger partial charge >= 0.3 is 0 Å². The first kappa shape index (κ1) is 15.7. The van der Waals surface area contributed by atoms with Gasteiger partial charge in [0.05, 0.1) is 5.92 Å². The third-order valence-electron chi connectivity index (χ3n) is 3.83. The van der Waals surface area contributed by atoms with Crippen LogP contribution in [0.5, 0.6) is 5.75 Å². The number of carbonyl (C=O) groups is 1. The molecule has 1 heterocycles. The predicted octanol–water partition coefficient (Wildman–Crippen LogP) is 2.86. The van der Waals surface area contributed by atoms with Crippen LogP contribution in [0.4, 0.5) is 0 Å². The van der Waals surface area contributed by atoms with E-state index in [0.29, 0.717) is 12.4 Å². The second kappa shape index (κ2) is 6.95. The summed E-state index contributed by atoms with van der Waals surface area (Å²) in [6.07, 6.45) is 1.29. The minimum absolute atomic E-state index is 0.0667. The smallest absolute Gasteiger partial charge is 0.227 e. The summed E-state index contributed by atoms with van der Waals surface area (Å²) in [6.45, 7) is 2.27. The van der Waals surface area contributed by atoms with Crippen molar-refractivity contribution in [3.63, 3.8) is 0 Å². The Labute approximate surface area is 139 Å². The molecule has 2 N–H and O–H groups in total. The first-order valence-electron chi connectivity index (χ1n) is 7.56. The number of aromatic nitrogens is 2. The molecule has 1 amide bonds. The topological polar surface area (TPSA) is 88.3 Å². The summed E-state index contributed by atoms with van der Waals surface area (Å²) in [4.78, 5) is 16.2. The molecule has 1 unspecified atom stereocenters. The van der Waals surface area contributed by atoms with Gasteiger partial charge in [-0.3, -0.25) is 4.79 Å². The largest absolute Gasteiger partial charge is 0.508 e. The molecule has 0 saturated carbocycles. The zero-order valence-electron chi connectivity index (χ0n) is 13.1. The number of aromatic hydroxyl groups is 1. The molecule has 6 heteroatoms. The summed E-state index contributed by atoms with van der Waals surface area (Å²) >= 11 is 0. The molecule has 0 radical (unpaired) electrons. The Kier molecular flexibility index (Phi) is 4.56. The van der Waals surface area contributed by atoms with Gasteiger partial charge in [-0.15, -0.1) is 0 Å². The standard InChI is InChI=1S/C18H17N3O3/c1-12(14-6-8-16(22)9-7-14)18(23)19-10-13-2-4-15(5-3-13)17-20-11-24-21-17/h2-9,11-12,22H,10H2,1H3,(H,19,23). The molecule has 0 spiro atoms. The maximum atomic E-state index is 12.2. The van der Waals surface area contributed by atoms with Crippen molar-refractivity contribution in [3.8, 4) is 17.1 Å². The Morgan fingerprint density at radius 1 is 1.17 bits per heavy atom. The maximum Gasteiger partial charge on any atom is 0.227 e. The van der Waals surface area contributed by atoms with Crippen LogP contribution in [0.1, 0.15) is 24.0 Å². The van der Waals surface area contributed by atoms with E-state index in [9.17, 15) is 9.90 Å². The molecule has 122 valence electrons. The second-order valence-corrected chi connectivity index (χ2v) is 5.48. The number of nitrogens with one attached hydrogen (secondary N) is 1. The van der Waals surface area contributed by atoms with Crippen LogP contribution in [0.15, 0.2) is 59.4 Å². The quantitative estimate of drug-likeness (QED) is 0.754. The van der Waals surface area contributed by atoms with Gasteiger partial charge < -0.3 is 14.9 Å². The van der Waals surface area contributed by atoms with Crippen LogP contribution in [-0.4, -0.2) is 21.2 Å². The molecule has 1 atom stereocenters. The molecule has 0 bridgehead atoms. The number of hydrogen-bond acceptors (Lipinski definition) is 5. The Bertz CT molecular complexity index is 797. The lowest BCUT2D eigenvalue weighted by Gasteiger charge is -2.13. The highest BCUT2D eigenvalue weighted by atomic mass is 16.5. The number of benzene rings is 2. The fraction of sp³-hybridized carbons (Fsp3) is 0.167. The molecule has 0 aliphatic heterocycles. The Morgan fingerprint density at radius 2 is 1.88 bits per heavy atom. The number of hydrogen-bond donors (Lipinski definition) is 2. The monoisotopic (exact) mass is 323 g/mol. The zero-order valence-corrected chi connectivity index (χ0v) is 13.1. The van der Waals surface area contributed by atoms with Gasteiger partial charge in [0.2, 0.25) is 18.1 Å². The lowest BCUT2D eigenvalue weighted by Crippen LogP contribution is -2.27. The van der Waals surface area contributed by atoms with Crippen LogP contribution in [0.2, 0.25) is 0 Å². The van der Waals surface area contributed by atoms with Gasteiger partial charge in [-0.05, 0) is 30.2 Å². The summed E-state index contributed by atoms with van der Waals surface area (Å²) in [5, 5.41) is 16.0. The van der Waals surface area contributed by atoms with Gasteiger partial charge in [-0.25, -0.2) is 0 Å². The highest BCUT2D eigenvalue weighted by Gasteiger charge is 2.14. The van der Waals surface area contributed by atoms with E-state index in [-0.39, 0.29) is 17.6 Å². The lowest BCUT2D eigenvalue weighted by molar-refractivity contribution is -0.122. The van der Waals surface area contributed by atoms with Crippen molar-refractivity contribution in [2.75, 3.05) is 0 Å². The van der Waals surface area contributed by atoms with Crippen molar-refractivity contribution in [3.05, 3.63) is 66.1 Å². The molecule has 0 saturated heterocycles. The summed E-state index contributed by atoms with van der Waals surface area (Å²) in [5.74, 6) is 0.367. The van der Waals surface area contributed by atoms with Crippen molar-refractivity contribution < 1.29 is 14.4 Å². The SMILES string of the molecule is CC(C(=O)NCc1ccc(-c2ncon2)cc1)c1ccc(O)cc1. The predicted molar refractivity (Wildman–Crippen MR) is 88.1 cm³/mol. The molecule has 24 heavy (non-hydrogen) atoms. The van der Waals surface area contributed by atoms with Crippen molar-refractivity contribution >= 4 is 5.91 Å². The number of nitrogens with zero attached hydrogens (tertiary/aromatic N) is 2. The average molecular weight is 323 g/mol. The van der Waals surface area contributed by atoms with E-state index >= 15 is 0 Å². The number of rotatable bonds is 5. The van der Waals surface area contributed by atoms with Crippen molar-refractivity contribution in [1.29, 1.82) is 0 Å². The van der Waals surface area contributed by atoms with Crippen molar-refractivity contribution in [2.45, 2.75) is 19.4 Å². The fourth-order valence-electron chi connectivity index (χ4n) is 2.33. The molecule has 0 aliphatic carbocycles. The van der Waals surface area contributed by atoms with Gasteiger partial charge in [-0.2, -0.15) is 4.98 Å². The van der Waals surface area contributed by atoms with Gasteiger partial charge in [0.1, 0.15) is 5.75 Å². The third-order valence-corrected chi connectivity index (χ3v) is 3.83. The normalized spacial score (nSPS) is 11.9. The second-order valence-electron chi connectivity index (χ2n) is 5.48. The average Bonchev–Trinajstić information content (AvgIpc) is 3.15. The van der Waals surface area contributed by atoms with Crippen LogP contribution in [0.25, 0.3) is 11.4 Å². The van der Waals surface area contributed by atoms with Crippen LogP contribution < -0.4 is 5.32 Å².